The Hall–Kier alpha value is -1.45. The van der Waals surface area contributed by atoms with Gasteiger partial charge in [-0.15, -0.1) is 0 Å². The van der Waals surface area contributed by atoms with Crippen LogP contribution >= 0.6 is 0 Å². The number of aryl methyl sites for hydroxylation is 1. The summed E-state index contributed by atoms with van der Waals surface area (Å²) < 4.78 is 26.8. The number of hydrogen-bond donors (Lipinski definition) is 0. The van der Waals surface area contributed by atoms with E-state index in [1.54, 1.807) is 13.8 Å². The Morgan fingerprint density at radius 1 is 1.25 bits per heavy atom. The quantitative estimate of drug-likeness (QED) is 0.777. The number of nitrogens with zero attached hydrogens (tertiary/aromatic N) is 1. The van der Waals surface area contributed by atoms with E-state index in [0.29, 0.717) is 13.1 Å². The fourth-order valence-electron chi connectivity index (χ4n) is 1.56. The summed E-state index contributed by atoms with van der Waals surface area (Å²) >= 11 is 0. The molecule has 0 aliphatic heterocycles. The van der Waals surface area contributed by atoms with Crippen LogP contribution in [0, 0.1) is 18.6 Å². The van der Waals surface area contributed by atoms with Gasteiger partial charge in [0.2, 0.25) is 0 Å². The summed E-state index contributed by atoms with van der Waals surface area (Å²) in [5, 5.41) is 0. The number of carbonyl (C=O) groups excluding carboxylic acids is 1. The maximum Gasteiger partial charge on any atom is 0.256 e. The van der Waals surface area contributed by atoms with E-state index in [9.17, 15) is 13.6 Å². The van der Waals surface area contributed by atoms with Crippen LogP contribution < -0.4 is 0 Å². The van der Waals surface area contributed by atoms with Gasteiger partial charge < -0.3 is 4.90 Å². The van der Waals surface area contributed by atoms with Crippen molar-refractivity contribution in [1.29, 1.82) is 0 Å². The van der Waals surface area contributed by atoms with Crippen LogP contribution in [-0.4, -0.2) is 23.9 Å². The Kier molecular flexibility index (Phi) is 3.99. The maximum absolute atomic E-state index is 13.7. The molecule has 4 heteroatoms. The molecule has 0 spiro atoms. The van der Waals surface area contributed by atoms with Crippen LogP contribution in [0.2, 0.25) is 0 Å². The van der Waals surface area contributed by atoms with Crippen molar-refractivity contribution in [2.45, 2.75) is 20.8 Å². The third-order valence-corrected chi connectivity index (χ3v) is 2.50. The molecule has 16 heavy (non-hydrogen) atoms. The second-order valence-electron chi connectivity index (χ2n) is 3.56. The average Bonchev–Trinajstić information content (AvgIpc) is 2.24. The van der Waals surface area contributed by atoms with Crippen LogP contribution in [0.1, 0.15) is 29.8 Å². The fraction of sp³-hybridized carbons (Fsp3) is 0.417. The Labute approximate surface area is 93.9 Å². The summed E-state index contributed by atoms with van der Waals surface area (Å²) in [5.41, 5.74) is -0.0447. The molecular weight excluding hydrogens is 212 g/mol. The monoisotopic (exact) mass is 227 g/mol. The highest BCUT2D eigenvalue weighted by Gasteiger charge is 2.19. The molecule has 0 aliphatic rings. The first-order valence-corrected chi connectivity index (χ1v) is 5.26. The molecule has 0 saturated carbocycles. The lowest BCUT2D eigenvalue weighted by Crippen LogP contribution is -2.31. The van der Waals surface area contributed by atoms with Crippen molar-refractivity contribution in [3.63, 3.8) is 0 Å². The number of rotatable bonds is 3. The minimum absolute atomic E-state index is 0.149. The number of halogens is 2. The van der Waals surface area contributed by atoms with Gasteiger partial charge in [0.1, 0.15) is 11.6 Å². The summed E-state index contributed by atoms with van der Waals surface area (Å²) in [6.45, 7) is 5.99. The van der Waals surface area contributed by atoms with Gasteiger partial charge in [-0.3, -0.25) is 4.79 Å². The molecule has 0 radical (unpaired) electrons. The normalized spacial score (nSPS) is 10.3. The minimum atomic E-state index is -0.640. The Morgan fingerprint density at radius 2 is 1.81 bits per heavy atom. The maximum atomic E-state index is 13.7. The molecule has 0 bridgehead atoms. The van der Waals surface area contributed by atoms with E-state index in [4.69, 9.17) is 0 Å². The zero-order valence-corrected chi connectivity index (χ0v) is 9.68. The summed E-state index contributed by atoms with van der Waals surface area (Å²) in [6, 6.07) is 2.03. The first-order valence-electron chi connectivity index (χ1n) is 5.26. The smallest absolute Gasteiger partial charge is 0.256 e. The summed E-state index contributed by atoms with van der Waals surface area (Å²) in [4.78, 5) is 13.3. The number of hydrogen-bond acceptors (Lipinski definition) is 1. The van der Waals surface area contributed by atoms with Crippen molar-refractivity contribution in [3.05, 3.63) is 34.9 Å². The Morgan fingerprint density at radius 3 is 2.31 bits per heavy atom. The highest BCUT2D eigenvalue weighted by Crippen LogP contribution is 2.16. The van der Waals surface area contributed by atoms with Gasteiger partial charge in [0.15, 0.2) is 0 Å². The first-order chi connectivity index (χ1) is 7.51. The molecule has 1 aromatic rings. The lowest BCUT2D eigenvalue weighted by Gasteiger charge is -2.19. The molecular formula is C12H15F2NO. The molecule has 0 N–H and O–H groups in total. The van der Waals surface area contributed by atoms with Crippen molar-refractivity contribution in [1.82, 2.24) is 4.90 Å². The number of benzene rings is 1. The van der Waals surface area contributed by atoms with Crippen LogP contribution in [0.15, 0.2) is 12.1 Å². The van der Waals surface area contributed by atoms with Crippen molar-refractivity contribution in [2.24, 2.45) is 0 Å². The van der Waals surface area contributed by atoms with Crippen molar-refractivity contribution in [3.8, 4) is 0 Å². The van der Waals surface area contributed by atoms with Crippen LogP contribution in [0.5, 0.6) is 0 Å². The van der Waals surface area contributed by atoms with Gasteiger partial charge in [-0.05, 0) is 38.5 Å². The molecule has 0 unspecified atom stereocenters. The van der Waals surface area contributed by atoms with E-state index >= 15 is 0 Å². The Balaban J connectivity index is 3.17. The van der Waals surface area contributed by atoms with E-state index < -0.39 is 17.5 Å². The summed E-state index contributed by atoms with van der Waals surface area (Å²) in [6.07, 6.45) is 0. The first kappa shape index (κ1) is 12.6. The van der Waals surface area contributed by atoms with Gasteiger partial charge in [-0.1, -0.05) is 0 Å². The zero-order chi connectivity index (χ0) is 12.3. The largest absolute Gasteiger partial charge is 0.339 e. The lowest BCUT2D eigenvalue weighted by atomic mass is 10.1. The lowest BCUT2D eigenvalue weighted by molar-refractivity contribution is 0.0767. The number of amides is 1. The molecule has 2 nitrogen and oxygen atoms in total. The van der Waals surface area contributed by atoms with Crippen molar-refractivity contribution in [2.75, 3.05) is 13.1 Å². The Bertz CT molecular complexity index is 400. The molecule has 0 heterocycles. The topological polar surface area (TPSA) is 20.3 Å². The summed E-state index contributed by atoms with van der Waals surface area (Å²) in [5.74, 6) is -1.70. The van der Waals surface area contributed by atoms with Crippen LogP contribution in [0.3, 0.4) is 0 Å². The predicted octanol–water partition coefficient (Wildman–Crippen LogP) is 2.76. The van der Waals surface area contributed by atoms with Gasteiger partial charge in [0.05, 0.1) is 5.56 Å². The third-order valence-electron chi connectivity index (χ3n) is 2.50. The SMILES string of the molecule is CCN(CC)C(=O)c1cc(F)cc(C)c1F. The van der Waals surface area contributed by atoms with E-state index in [0.717, 1.165) is 12.1 Å². The van der Waals surface area contributed by atoms with Crippen LogP contribution in [0.4, 0.5) is 8.78 Å². The van der Waals surface area contributed by atoms with Crippen LogP contribution in [0.25, 0.3) is 0 Å². The van der Waals surface area contributed by atoms with E-state index in [2.05, 4.69) is 0 Å². The van der Waals surface area contributed by atoms with E-state index in [1.807, 2.05) is 0 Å². The standard InChI is InChI=1S/C12H15F2NO/c1-4-15(5-2)12(16)10-7-9(13)6-8(3)11(10)14/h6-7H,4-5H2,1-3H3. The zero-order valence-electron chi connectivity index (χ0n) is 9.68. The van der Waals surface area contributed by atoms with Crippen molar-refractivity contribution < 1.29 is 13.6 Å². The van der Waals surface area contributed by atoms with Gasteiger partial charge in [0, 0.05) is 13.1 Å². The minimum Gasteiger partial charge on any atom is -0.339 e. The highest BCUT2D eigenvalue weighted by atomic mass is 19.1. The molecule has 0 fully saturated rings. The van der Waals surface area contributed by atoms with Crippen LogP contribution in [-0.2, 0) is 0 Å². The summed E-state index contributed by atoms with van der Waals surface area (Å²) in [7, 11) is 0. The van der Waals surface area contributed by atoms with E-state index in [-0.39, 0.29) is 11.1 Å². The second-order valence-corrected chi connectivity index (χ2v) is 3.56. The molecule has 0 saturated heterocycles. The van der Waals surface area contributed by atoms with E-state index in [1.165, 1.54) is 11.8 Å². The average molecular weight is 227 g/mol. The second kappa shape index (κ2) is 5.05. The van der Waals surface area contributed by atoms with Gasteiger partial charge in [-0.2, -0.15) is 0 Å². The fourth-order valence-corrected chi connectivity index (χ4v) is 1.56. The molecule has 0 aromatic heterocycles. The molecule has 0 atom stereocenters. The third kappa shape index (κ3) is 2.38. The molecule has 1 rings (SSSR count). The molecule has 1 aromatic carbocycles. The number of carbonyl (C=O) groups is 1. The van der Waals surface area contributed by atoms with Gasteiger partial charge in [-0.25, -0.2) is 8.78 Å². The molecule has 1 amide bonds. The van der Waals surface area contributed by atoms with Crippen molar-refractivity contribution >= 4 is 5.91 Å². The molecule has 88 valence electrons. The molecule has 0 aliphatic carbocycles. The van der Waals surface area contributed by atoms with Gasteiger partial charge in [0.25, 0.3) is 5.91 Å². The highest BCUT2D eigenvalue weighted by molar-refractivity contribution is 5.94. The predicted molar refractivity (Wildman–Crippen MR) is 58.3 cm³/mol. The van der Waals surface area contributed by atoms with Gasteiger partial charge >= 0.3 is 0 Å².